The predicted molar refractivity (Wildman–Crippen MR) is 101 cm³/mol. The Morgan fingerprint density at radius 3 is 2.88 bits per heavy atom. The molecule has 7 heteroatoms. The van der Waals surface area contributed by atoms with Gasteiger partial charge in [0.1, 0.15) is 5.03 Å². The van der Waals surface area contributed by atoms with E-state index < -0.39 is 0 Å². The second kappa shape index (κ2) is 6.19. The molecule has 3 aliphatic heterocycles. The molecule has 1 saturated carbocycles. The summed E-state index contributed by atoms with van der Waals surface area (Å²) in [5.41, 5.74) is 2.56. The molecule has 6 rings (SSSR count). The first kappa shape index (κ1) is 16.7. The standard InChI is InChI=1S/C17H14ClN3S2.ClH/c18-12-5-1-3-11(7-12)4-2-6-22-16-15(19-23-20-16)17-10-21-8-13(17)14(17)9-21;/h1,3,5,7,13-14H,6,8-10H2;1H. The van der Waals surface area contributed by atoms with Gasteiger partial charge in [-0.1, -0.05) is 41.3 Å². The summed E-state index contributed by atoms with van der Waals surface area (Å²) < 4.78 is 9.19. The van der Waals surface area contributed by atoms with Crippen LogP contribution in [0.5, 0.6) is 0 Å². The molecular formula is C17H15Cl2N3S2. The van der Waals surface area contributed by atoms with Crippen molar-refractivity contribution in [2.75, 3.05) is 25.4 Å². The van der Waals surface area contributed by atoms with Crippen molar-refractivity contribution in [3.8, 4) is 11.8 Å². The molecule has 124 valence electrons. The zero-order valence-electron chi connectivity index (χ0n) is 12.7. The smallest absolute Gasteiger partial charge is 0.135 e. The van der Waals surface area contributed by atoms with Gasteiger partial charge in [-0.2, -0.15) is 8.75 Å². The number of benzene rings is 1. The van der Waals surface area contributed by atoms with Crippen molar-refractivity contribution >= 4 is 47.5 Å². The average molecular weight is 396 g/mol. The van der Waals surface area contributed by atoms with Crippen molar-refractivity contribution in [2.45, 2.75) is 10.4 Å². The molecule has 4 fully saturated rings. The highest BCUT2D eigenvalue weighted by atomic mass is 35.5. The first-order valence-corrected chi connectivity index (χ1v) is 9.79. The van der Waals surface area contributed by atoms with E-state index in [1.54, 1.807) is 11.8 Å². The minimum atomic E-state index is 0. The van der Waals surface area contributed by atoms with Crippen LogP contribution in [0.1, 0.15) is 11.3 Å². The first-order valence-electron chi connectivity index (χ1n) is 7.70. The SMILES string of the molecule is Cl.Clc1cccc(C#CCSc2nsnc2C23CN4CC2C3C4)c1. The number of halogens is 2. The highest BCUT2D eigenvalue weighted by molar-refractivity contribution is 7.99. The molecular weight excluding hydrogens is 381 g/mol. The van der Waals surface area contributed by atoms with Crippen molar-refractivity contribution in [2.24, 2.45) is 11.8 Å². The number of rotatable bonds is 3. The second-order valence-corrected chi connectivity index (χ2v) is 8.40. The third-order valence-corrected chi connectivity index (χ3v) is 7.06. The third kappa shape index (κ3) is 2.48. The van der Waals surface area contributed by atoms with E-state index in [2.05, 4.69) is 25.5 Å². The highest BCUT2D eigenvalue weighted by Crippen LogP contribution is 2.69. The number of nitrogens with zero attached hydrogens (tertiary/aromatic N) is 3. The molecule has 0 radical (unpaired) electrons. The van der Waals surface area contributed by atoms with Gasteiger partial charge in [0.15, 0.2) is 0 Å². The topological polar surface area (TPSA) is 29.0 Å². The van der Waals surface area contributed by atoms with Gasteiger partial charge in [0.25, 0.3) is 0 Å². The lowest BCUT2D eigenvalue weighted by Gasteiger charge is -2.08. The fourth-order valence-electron chi connectivity index (χ4n) is 4.34. The Bertz CT molecular complexity index is 830. The van der Waals surface area contributed by atoms with Crippen LogP contribution in [0, 0.1) is 23.7 Å². The fraction of sp³-hybridized carbons (Fsp3) is 0.412. The Morgan fingerprint density at radius 1 is 1.33 bits per heavy atom. The molecule has 3 saturated heterocycles. The minimum absolute atomic E-state index is 0. The van der Waals surface area contributed by atoms with Crippen molar-refractivity contribution in [3.05, 3.63) is 40.5 Å². The summed E-state index contributed by atoms with van der Waals surface area (Å²) in [4.78, 5) is 2.57. The molecule has 0 spiro atoms. The van der Waals surface area contributed by atoms with Gasteiger partial charge in [-0.3, -0.25) is 0 Å². The van der Waals surface area contributed by atoms with Crippen LogP contribution in [-0.2, 0) is 5.41 Å². The van der Waals surface area contributed by atoms with Gasteiger partial charge in [-0.25, -0.2) is 0 Å². The maximum atomic E-state index is 5.98. The maximum absolute atomic E-state index is 5.98. The van der Waals surface area contributed by atoms with Crippen molar-refractivity contribution < 1.29 is 0 Å². The first-order chi connectivity index (χ1) is 11.3. The van der Waals surface area contributed by atoms with E-state index in [0.29, 0.717) is 5.41 Å². The summed E-state index contributed by atoms with van der Waals surface area (Å²) in [5, 5.41) is 1.83. The highest BCUT2D eigenvalue weighted by Gasteiger charge is 2.76. The number of aromatic nitrogens is 2. The number of hydrogen-bond acceptors (Lipinski definition) is 5. The van der Waals surface area contributed by atoms with E-state index in [1.165, 1.54) is 37.1 Å². The van der Waals surface area contributed by atoms with Gasteiger partial charge in [0.05, 0.1) is 23.2 Å². The Morgan fingerprint density at radius 2 is 2.17 bits per heavy atom. The Labute approximate surface area is 160 Å². The van der Waals surface area contributed by atoms with Gasteiger partial charge >= 0.3 is 0 Å². The van der Waals surface area contributed by atoms with Crippen molar-refractivity contribution in [1.29, 1.82) is 0 Å². The van der Waals surface area contributed by atoms with E-state index in [9.17, 15) is 0 Å². The molecule has 2 unspecified atom stereocenters. The number of hydrogen-bond donors (Lipinski definition) is 0. The molecule has 1 aromatic carbocycles. The summed E-state index contributed by atoms with van der Waals surface area (Å²) >= 11 is 9.05. The molecule has 4 heterocycles. The zero-order chi connectivity index (χ0) is 15.4. The monoisotopic (exact) mass is 395 g/mol. The van der Waals surface area contributed by atoms with Crippen LogP contribution in [-0.4, -0.2) is 39.0 Å². The molecule has 24 heavy (non-hydrogen) atoms. The fourth-order valence-corrected chi connectivity index (χ4v) is 6.10. The van der Waals surface area contributed by atoms with Crippen LogP contribution in [0.25, 0.3) is 0 Å². The largest absolute Gasteiger partial charge is 0.302 e. The summed E-state index contributed by atoms with van der Waals surface area (Å²) in [6.07, 6.45) is 0. The average Bonchev–Trinajstić information content (AvgIpc) is 3.14. The normalized spacial score (nSPS) is 31.3. The quantitative estimate of drug-likeness (QED) is 0.586. The van der Waals surface area contributed by atoms with Crippen LogP contribution in [0.4, 0.5) is 0 Å². The summed E-state index contributed by atoms with van der Waals surface area (Å²) in [6.45, 7) is 3.72. The van der Waals surface area contributed by atoms with Crippen LogP contribution < -0.4 is 0 Å². The summed E-state index contributed by atoms with van der Waals surface area (Å²) in [5.74, 6) is 8.79. The van der Waals surface area contributed by atoms with Crippen molar-refractivity contribution in [3.63, 3.8) is 0 Å². The van der Waals surface area contributed by atoms with Gasteiger partial charge < -0.3 is 4.90 Å². The van der Waals surface area contributed by atoms with Crippen LogP contribution in [0.2, 0.25) is 5.02 Å². The minimum Gasteiger partial charge on any atom is -0.302 e. The predicted octanol–water partition coefficient (Wildman–Crippen LogP) is 3.57. The van der Waals surface area contributed by atoms with E-state index in [0.717, 1.165) is 33.2 Å². The molecule has 2 aromatic rings. The van der Waals surface area contributed by atoms with E-state index in [-0.39, 0.29) is 12.4 Å². The summed E-state index contributed by atoms with van der Waals surface area (Å²) in [6, 6.07) is 7.66. The Hall–Kier alpha value is -0.770. The van der Waals surface area contributed by atoms with Crippen molar-refractivity contribution in [1.82, 2.24) is 13.6 Å². The lowest BCUT2D eigenvalue weighted by Crippen LogP contribution is -2.16. The third-order valence-electron chi connectivity index (χ3n) is 5.33. The Kier molecular flexibility index (Phi) is 4.30. The number of piperidine rings is 3. The van der Waals surface area contributed by atoms with Gasteiger partial charge in [-0.15, -0.1) is 12.4 Å². The lowest BCUT2D eigenvalue weighted by molar-refractivity contribution is 0.405. The van der Waals surface area contributed by atoms with Gasteiger partial charge in [-0.05, 0) is 30.0 Å². The van der Waals surface area contributed by atoms with E-state index in [1.807, 2.05) is 24.3 Å². The lowest BCUT2D eigenvalue weighted by atomic mass is 10.0. The Balaban J connectivity index is 0.00000146. The molecule has 4 bridgehead atoms. The molecule has 1 aromatic heterocycles. The molecule has 3 nitrogen and oxygen atoms in total. The molecule has 1 aliphatic carbocycles. The van der Waals surface area contributed by atoms with Gasteiger partial charge in [0, 0.05) is 35.6 Å². The van der Waals surface area contributed by atoms with Gasteiger partial charge in [0.2, 0.25) is 0 Å². The maximum Gasteiger partial charge on any atom is 0.135 e. The van der Waals surface area contributed by atoms with Crippen LogP contribution >= 0.6 is 47.5 Å². The van der Waals surface area contributed by atoms with Crippen LogP contribution in [0.3, 0.4) is 0 Å². The second-order valence-electron chi connectivity index (χ2n) is 6.47. The molecule has 0 N–H and O–H groups in total. The zero-order valence-corrected chi connectivity index (χ0v) is 15.9. The molecule has 4 aliphatic rings. The van der Waals surface area contributed by atoms with E-state index in [4.69, 9.17) is 11.6 Å². The van der Waals surface area contributed by atoms with Crippen LogP contribution in [0.15, 0.2) is 29.3 Å². The number of thioether (sulfide) groups is 1. The molecule has 2 atom stereocenters. The molecule has 0 amide bonds. The summed E-state index contributed by atoms with van der Waals surface area (Å²) in [7, 11) is 0. The van der Waals surface area contributed by atoms with E-state index >= 15 is 0 Å².